The molecule has 0 aliphatic heterocycles. The lowest BCUT2D eigenvalue weighted by Crippen LogP contribution is -1.93. The van der Waals surface area contributed by atoms with Crippen LogP contribution in [-0.2, 0) is 0 Å². The lowest BCUT2D eigenvalue weighted by molar-refractivity contribution is 0.668. The minimum absolute atomic E-state index is 0.884. The van der Waals surface area contributed by atoms with Crippen LogP contribution in [0.3, 0.4) is 0 Å². The maximum atomic E-state index is 6.37. The molecule has 218 valence electrons. The molecule has 3 heteroatoms. The quantitative estimate of drug-likeness (QED) is 0.198. The van der Waals surface area contributed by atoms with Crippen LogP contribution in [0.5, 0.6) is 0 Å². The van der Waals surface area contributed by atoms with Gasteiger partial charge < -0.3 is 13.4 Å². The molecule has 0 N–H and O–H groups in total. The highest BCUT2D eigenvalue weighted by Gasteiger charge is 2.16. The third-order valence-corrected chi connectivity index (χ3v) is 9.94. The Hall–Kier alpha value is -6.32. The van der Waals surface area contributed by atoms with Crippen LogP contribution < -0.4 is 0 Å². The summed E-state index contributed by atoms with van der Waals surface area (Å²) in [5.41, 5.74) is 9.50. The van der Waals surface area contributed by atoms with Crippen molar-refractivity contribution in [3.63, 3.8) is 0 Å². The highest BCUT2D eigenvalue weighted by molar-refractivity contribution is 6.21. The summed E-state index contributed by atoms with van der Waals surface area (Å²) in [6.45, 7) is 0. The SMILES string of the molecule is c1ccc2c(c1)ccc1c2c2ccccc2n1-c1ccc(-c2ccc3oc4cc5cc6oc7ccccc7c6cc5cc4c3c2)cc1. The number of hydrogen-bond acceptors (Lipinski definition) is 2. The Balaban J connectivity index is 1.05. The monoisotopic (exact) mass is 599 g/mol. The third kappa shape index (κ3) is 3.51. The van der Waals surface area contributed by atoms with Gasteiger partial charge in [-0.2, -0.15) is 0 Å². The molecule has 0 saturated heterocycles. The summed E-state index contributed by atoms with van der Waals surface area (Å²) < 4.78 is 14.9. The van der Waals surface area contributed by atoms with Gasteiger partial charge in [-0.25, -0.2) is 0 Å². The normalized spacial score (nSPS) is 12.3. The van der Waals surface area contributed by atoms with Crippen molar-refractivity contribution in [1.82, 2.24) is 4.57 Å². The molecule has 3 nitrogen and oxygen atoms in total. The number of hydrogen-bond donors (Lipinski definition) is 0. The van der Waals surface area contributed by atoms with E-state index in [1.165, 1.54) is 43.5 Å². The average Bonchev–Trinajstić information content (AvgIpc) is 3.78. The van der Waals surface area contributed by atoms with Crippen LogP contribution >= 0.6 is 0 Å². The van der Waals surface area contributed by atoms with Gasteiger partial charge in [0, 0.05) is 38.0 Å². The van der Waals surface area contributed by atoms with Crippen LogP contribution in [0.1, 0.15) is 0 Å². The van der Waals surface area contributed by atoms with Crippen molar-refractivity contribution in [2.75, 3.05) is 0 Å². The Morgan fingerprint density at radius 2 is 0.957 bits per heavy atom. The summed E-state index contributed by atoms with van der Waals surface area (Å²) in [5, 5.41) is 11.9. The molecule has 0 unspecified atom stereocenters. The minimum atomic E-state index is 0.884. The summed E-state index contributed by atoms with van der Waals surface area (Å²) >= 11 is 0. The first kappa shape index (κ1) is 24.9. The Bertz CT molecular complexity index is 3060. The number of benzene rings is 8. The summed E-state index contributed by atoms with van der Waals surface area (Å²) in [6, 6.07) is 54.3. The molecule has 0 fully saturated rings. The summed E-state index contributed by atoms with van der Waals surface area (Å²) in [4.78, 5) is 0. The number of furan rings is 2. The van der Waals surface area contributed by atoms with Gasteiger partial charge in [-0.1, -0.05) is 84.9 Å². The molecule has 0 radical (unpaired) electrons. The molecule has 0 atom stereocenters. The first-order valence-electron chi connectivity index (χ1n) is 16.0. The highest BCUT2D eigenvalue weighted by atomic mass is 16.3. The second kappa shape index (κ2) is 9.12. The van der Waals surface area contributed by atoms with E-state index in [1.54, 1.807) is 0 Å². The topological polar surface area (TPSA) is 31.2 Å². The average molecular weight is 600 g/mol. The van der Waals surface area contributed by atoms with E-state index < -0.39 is 0 Å². The van der Waals surface area contributed by atoms with Gasteiger partial charge in [0.2, 0.25) is 0 Å². The van der Waals surface area contributed by atoms with E-state index in [0.717, 1.165) is 60.5 Å². The third-order valence-electron chi connectivity index (χ3n) is 9.94. The van der Waals surface area contributed by atoms with Crippen molar-refractivity contribution in [2.45, 2.75) is 0 Å². The molecule has 0 bridgehead atoms. The fraction of sp³-hybridized carbons (Fsp3) is 0. The van der Waals surface area contributed by atoms with E-state index in [4.69, 9.17) is 8.83 Å². The van der Waals surface area contributed by atoms with Gasteiger partial charge in [0.25, 0.3) is 0 Å². The lowest BCUT2D eigenvalue weighted by Gasteiger charge is -2.10. The zero-order valence-corrected chi connectivity index (χ0v) is 25.2. The summed E-state index contributed by atoms with van der Waals surface area (Å²) in [6.07, 6.45) is 0. The van der Waals surface area contributed by atoms with Crippen LogP contribution in [0.15, 0.2) is 160 Å². The summed E-state index contributed by atoms with van der Waals surface area (Å²) in [7, 11) is 0. The molecule has 3 heterocycles. The van der Waals surface area contributed by atoms with E-state index in [-0.39, 0.29) is 0 Å². The number of nitrogens with zero attached hydrogens (tertiary/aromatic N) is 1. The zero-order valence-electron chi connectivity index (χ0n) is 25.2. The standard InChI is InChI=1S/C44H25NO2/c1-2-8-32-27(7-1)15-19-39-44(32)34-10-3-5-11-38(34)45(39)31-17-13-26(14-18-31)28-16-20-41-36(21-28)37-23-29-22-35-33-9-4-6-12-40(33)46-42(35)24-30(29)25-43(37)47-41/h1-25H. The van der Waals surface area contributed by atoms with Crippen LogP contribution in [0.4, 0.5) is 0 Å². The second-order valence-corrected chi connectivity index (χ2v) is 12.5. The molecule has 0 spiro atoms. The van der Waals surface area contributed by atoms with Gasteiger partial charge in [0.15, 0.2) is 0 Å². The molecule has 11 aromatic rings. The van der Waals surface area contributed by atoms with Crippen molar-refractivity contribution in [3.05, 3.63) is 152 Å². The van der Waals surface area contributed by atoms with Gasteiger partial charge in [0.1, 0.15) is 22.3 Å². The molecule has 11 rings (SSSR count). The van der Waals surface area contributed by atoms with Gasteiger partial charge in [0.05, 0.1) is 11.0 Å². The Labute approximate surface area is 268 Å². The van der Waals surface area contributed by atoms with Gasteiger partial charge >= 0.3 is 0 Å². The molecule has 47 heavy (non-hydrogen) atoms. The van der Waals surface area contributed by atoms with Gasteiger partial charge in [-0.15, -0.1) is 0 Å². The number of aromatic nitrogens is 1. The molecule has 0 saturated carbocycles. The van der Waals surface area contributed by atoms with Crippen LogP contribution in [0.25, 0.3) is 104 Å². The van der Waals surface area contributed by atoms with Crippen molar-refractivity contribution in [2.24, 2.45) is 0 Å². The van der Waals surface area contributed by atoms with E-state index in [9.17, 15) is 0 Å². The first-order chi connectivity index (χ1) is 23.3. The number of fused-ring (bicyclic) bond motifs is 12. The largest absolute Gasteiger partial charge is 0.456 e. The van der Waals surface area contributed by atoms with Crippen molar-refractivity contribution in [3.8, 4) is 16.8 Å². The van der Waals surface area contributed by atoms with Gasteiger partial charge in [-0.3, -0.25) is 0 Å². The predicted molar refractivity (Wildman–Crippen MR) is 196 cm³/mol. The molecule has 0 amide bonds. The molecular weight excluding hydrogens is 574 g/mol. The summed E-state index contributed by atoms with van der Waals surface area (Å²) in [5.74, 6) is 0. The zero-order chi connectivity index (χ0) is 30.6. The Morgan fingerprint density at radius 1 is 0.340 bits per heavy atom. The number of rotatable bonds is 2. The van der Waals surface area contributed by atoms with Crippen LogP contribution in [-0.4, -0.2) is 4.57 Å². The van der Waals surface area contributed by atoms with Crippen molar-refractivity contribution < 1.29 is 8.83 Å². The minimum Gasteiger partial charge on any atom is -0.456 e. The molecule has 0 aliphatic rings. The molecule has 3 aromatic heterocycles. The Morgan fingerprint density at radius 3 is 1.79 bits per heavy atom. The highest BCUT2D eigenvalue weighted by Crippen LogP contribution is 2.39. The van der Waals surface area contributed by atoms with E-state index in [0.29, 0.717) is 0 Å². The Kier molecular flexibility index (Phi) is 4.84. The molecular formula is C44H25NO2. The van der Waals surface area contributed by atoms with Crippen molar-refractivity contribution in [1.29, 1.82) is 0 Å². The fourth-order valence-electron chi connectivity index (χ4n) is 7.74. The maximum absolute atomic E-state index is 6.37. The van der Waals surface area contributed by atoms with E-state index in [1.807, 2.05) is 12.1 Å². The first-order valence-corrected chi connectivity index (χ1v) is 16.0. The van der Waals surface area contributed by atoms with Crippen molar-refractivity contribution >= 4 is 87.2 Å². The predicted octanol–water partition coefficient (Wildman–Crippen LogP) is 12.6. The van der Waals surface area contributed by atoms with Crippen LogP contribution in [0.2, 0.25) is 0 Å². The van der Waals surface area contributed by atoms with E-state index >= 15 is 0 Å². The lowest BCUT2D eigenvalue weighted by atomic mass is 10.0. The van der Waals surface area contributed by atoms with Crippen LogP contribution in [0, 0.1) is 0 Å². The molecule has 0 aliphatic carbocycles. The molecule has 8 aromatic carbocycles. The second-order valence-electron chi connectivity index (χ2n) is 12.5. The smallest absolute Gasteiger partial charge is 0.136 e. The maximum Gasteiger partial charge on any atom is 0.136 e. The number of para-hydroxylation sites is 2. The van der Waals surface area contributed by atoms with E-state index in [2.05, 4.69) is 144 Å². The van der Waals surface area contributed by atoms with Gasteiger partial charge in [-0.05, 0) is 99.4 Å². The fourth-order valence-corrected chi connectivity index (χ4v) is 7.74.